The molecule has 0 radical (unpaired) electrons. The molecule has 0 unspecified atom stereocenters. The Labute approximate surface area is 145 Å². The van der Waals surface area contributed by atoms with Crippen LogP contribution >= 0.6 is 67.8 Å². The molecular weight excluding hydrogens is 571 g/mol. The Morgan fingerprint density at radius 1 is 1.33 bits per heavy atom. The van der Waals surface area contributed by atoms with Crippen molar-refractivity contribution in [1.82, 2.24) is 15.3 Å². The van der Waals surface area contributed by atoms with E-state index in [9.17, 15) is 4.79 Å². The molecule has 0 spiro atoms. The third-order valence-corrected chi connectivity index (χ3v) is 5.90. The second-order valence-corrected chi connectivity index (χ2v) is 7.00. The maximum absolute atomic E-state index is 12.1. The molecule has 0 aliphatic rings. The molecular formula is C11H8I3N3O. The van der Waals surface area contributed by atoms with Gasteiger partial charge in [0.25, 0.3) is 5.91 Å². The zero-order chi connectivity index (χ0) is 13.1. The standard InChI is InChI=1S/C11H8I3N3O/c12-6-1-8(10(14)9(13)2-6)11(18)16-4-7-3-15-5-17-7/h1-3,5H,4H2,(H,15,17)(H,16,18). The molecule has 0 aliphatic heterocycles. The predicted molar refractivity (Wildman–Crippen MR) is 94.4 cm³/mol. The van der Waals surface area contributed by atoms with Crippen LogP contribution in [0.2, 0.25) is 0 Å². The molecule has 2 aromatic rings. The van der Waals surface area contributed by atoms with Gasteiger partial charge in [-0.3, -0.25) is 4.79 Å². The van der Waals surface area contributed by atoms with Crippen molar-refractivity contribution in [2.75, 3.05) is 0 Å². The number of hydrogen-bond acceptors (Lipinski definition) is 2. The summed E-state index contributed by atoms with van der Waals surface area (Å²) < 4.78 is 3.13. The van der Waals surface area contributed by atoms with Gasteiger partial charge in [0.1, 0.15) is 0 Å². The highest BCUT2D eigenvalue weighted by molar-refractivity contribution is 14.1. The second-order valence-electron chi connectivity index (χ2n) is 3.51. The third kappa shape index (κ3) is 3.56. The topological polar surface area (TPSA) is 57.8 Å². The molecule has 0 atom stereocenters. The van der Waals surface area contributed by atoms with Crippen LogP contribution in [0.25, 0.3) is 0 Å². The Balaban J connectivity index is 2.14. The molecule has 0 aliphatic carbocycles. The zero-order valence-electron chi connectivity index (χ0n) is 9.01. The first kappa shape index (κ1) is 14.5. The van der Waals surface area contributed by atoms with Gasteiger partial charge in [0.15, 0.2) is 0 Å². The van der Waals surface area contributed by atoms with E-state index in [1.54, 1.807) is 12.5 Å². The monoisotopic (exact) mass is 579 g/mol. The van der Waals surface area contributed by atoms with E-state index in [1.807, 2.05) is 6.07 Å². The molecule has 2 N–H and O–H groups in total. The molecule has 2 rings (SSSR count). The average molecular weight is 579 g/mol. The van der Waals surface area contributed by atoms with Gasteiger partial charge in [-0.25, -0.2) is 4.98 Å². The summed E-state index contributed by atoms with van der Waals surface area (Å²) >= 11 is 6.65. The summed E-state index contributed by atoms with van der Waals surface area (Å²) in [5.74, 6) is -0.0644. The van der Waals surface area contributed by atoms with Crippen molar-refractivity contribution in [2.45, 2.75) is 6.54 Å². The number of carbonyl (C=O) groups is 1. The molecule has 1 amide bonds. The van der Waals surface area contributed by atoms with Gasteiger partial charge in [0.05, 0.1) is 24.1 Å². The normalized spacial score (nSPS) is 10.4. The maximum Gasteiger partial charge on any atom is 0.252 e. The molecule has 0 bridgehead atoms. The Kier molecular flexibility index (Phi) is 5.24. The molecule has 0 saturated carbocycles. The predicted octanol–water partition coefficient (Wildman–Crippen LogP) is 3.15. The van der Waals surface area contributed by atoms with Crippen LogP contribution < -0.4 is 5.32 Å². The third-order valence-electron chi connectivity index (χ3n) is 2.23. The van der Waals surface area contributed by atoms with E-state index in [-0.39, 0.29) is 5.91 Å². The Morgan fingerprint density at radius 2 is 2.11 bits per heavy atom. The number of nitrogens with one attached hydrogen (secondary N) is 2. The number of amides is 1. The second kappa shape index (κ2) is 6.50. The van der Waals surface area contributed by atoms with E-state index in [0.29, 0.717) is 12.1 Å². The number of hydrogen-bond donors (Lipinski definition) is 2. The number of benzene rings is 1. The molecule has 4 nitrogen and oxygen atoms in total. The van der Waals surface area contributed by atoms with Crippen molar-refractivity contribution < 1.29 is 4.79 Å². The van der Waals surface area contributed by atoms with Gasteiger partial charge in [-0.05, 0) is 79.9 Å². The lowest BCUT2D eigenvalue weighted by atomic mass is 10.2. The summed E-state index contributed by atoms with van der Waals surface area (Å²) in [5.41, 5.74) is 1.60. The van der Waals surface area contributed by atoms with Crippen LogP contribution in [-0.2, 0) is 6.54 Å². The minimum Gasteiger partial charge on any atom is -0.347 e. The van der Waals surface area contributed by atoms with Crippen molar-refractivity contribution in [3.05, 3.63) is 46.6 Å². The highest BCUT2D eigenvalue weighted by Crippen LogP contribution is 2.22. The van der Waals surface area contributed by atoms with Gasteiger partial charge in [-0.1, -0.05) is 0 Å². The first-order chi connectivity index (χ1) is 8.58. The Bertz CT molecular complexity index is 569. The summed E-state index contributed by atoms with van der Waals surface area (Å²) in [6, 6.07) is 3.95. The van der Waals surface area contributed by atoms with E-state index >= 15 is 0 Å². The van der Waals surface area contributed by atoms with E-state index in [0.717, 1.165) is 16.4 Å². The minimum atomic E-state index is -0.0644. The number of imidazole rings is 1. The van der Waals surface area contributed by atoms with Gasteiger partial charge in [-0.2, -0.15) is 0 Å². The number of carbonyl (C=O) groups excluding carboxylic acids is 1. The summed E-state index contributed by atoms with van der Waals surface area (Å²) in [7, 11) is 0. The zero-order valence-corrected chi connectivity index (χ0v) is 15.5. The molecule has 7 heteroatoms. The summed E-state index contributed by atoms with van der Waals surface area (Å²) in [5, 5.41) is 2.87. The smallest absolute Gasteiger partial charge is 0.252 e. The number of aromatic nitrogens is 2. The first-order valence-corrected chi connectivity index (χ1v) is 8.21. The van der Waals surface area contributed by atoms with Crippen molar-refractivity contribution in [2.24, 2.45) is 0 Å². The number of halogens is 3. The Hall–Kier alpha value is 0.0900. The van der Waals surface area contributed by atoms with Crippen LogP contribution in [0, 0.1) is 10.7 Å². The Morgan fingerprint density at radius 3 is 2.78 bits per heavy atom. The molecule has 94 valence electrons. The van der Waals surface area contributed by atoms with Gasteiger partial charge in [-0.15, -0.1) is 0 Å². The molecule has 1 heterocycles. The van der Waals surface area contributed by atoms with Gasteiger partial charge in [0, 0.05) is 16.9 Å². The summed E-state index contributed by atoms with van der Waals surface area (Å²) in [6.07, 6.45) is 3.30. The average Bonchev–Trinajstić information content (AvgIpc) is 2.83. The van der Waals surface area contributed by atoms with Crippen molar-refractivity contribution in [3.8, 4) is 0 Å². The van der Waals surface area contributed by atoms with E-state index < -0.39 is 0 Å². The fourth-order valence-corrected chi connectivity index (χ4v) is 3.77. The summed E-state index contributed by atoms with van der Waals surface area (Å²) in [4.78, 5) is 19.0. The molecule has 0 fully saturated rings. The lowest BCUT2D eigenvalue weighted by Gasteiger charge is -2.08. The highest BCUT2D eigenvalue weighted by atomic mass is 127. The van der Waals surface area contributed by atoms with Crippen molar-refractivity contribution in [1.29, 1.82) is 0 Å². The fourth-order valence-electron chi connectivity index (χ4n) is 1.37. The number of aromatic amines is 1. The maximum atomic E-state index is 12.1. The van der Waals surface area contributed by atoms with Crippen LogP contribution in [0.5, 0.6) is 0 Å². The van der Waals surface area contributed by atoms with E-state index in [1.165, 1.54) is 0 Å². The number of rotatable bonds is 3. The lowest BCUT2D eigenvalue weighted by Crippen LogP contribution is -2.24. The van der Waals surface area contributed by atoms with Gasteiger partial charge < -0.3 is 10.3 Å². The van der Waals surface area contributed by atoms with Crippen molar-refractivity contribution in [3.63, 3.8) is 0 Å². The van der Waals surface area contributed by atoms with Crippen LogP contribution in [-0.4, -0.2) is 15.9 Å². The lowest BCUT2D eigenvalue weighted by molar-refractivity contribution is 0.0949. The SMILES string of the molecule is O=C(NCc1cnc[nH]1)c1cc(I)cc(I)c1I. The highest BCUT2D eigenvalue weighted by Gasteiger charge is 2.13. The molecule has 1 aromatic heterocycles. The number of nitrogens with zero attached hydrogens (tertiary/aromatic N) is 1. The van der Waals surface area contributed by atoms with Gasteiger partial charge >= 0.3 is 0 Å². The molecule has 0 saturated heterocycles. The van der Waals surface area contributed by atoms with Crippen LogP contribution in [0.1, 0.15) is 16.1 Å². The van der Waals surface area contributed by atoms with Crippen LogP contribution in [0.15, 0.2) is 24.7 Å². The van der Waals surface area contributed by atoms with E-state index in [2.05, 4.69) is 89.1 Å². The van der Waals surface area contributed by atoms with Crippen LogP contribution in [0.3, 0.4) is 0 Å². The first-order valence-electron chi connectivity index (χ1n) is 4.98. The quantitative estimate of drug-likeness (QED) is 0.434. The fraction of sp³-hybridized carbons (Fsp3) is 0.0909. The van der Waals surface area contributed by atoms with Gasteiger partial charge in [0.2, 0.25) is 0 Å². The molecule has 18 heavy (non-hydrogen) atoms. The van der Waals surface area contributed by atoms with Crippen LogP contribution in [0.4, 0.5) is 0 Å². The largest absolute Gasteiger partial charge is 0.347 e. The summed E-state index contributed by atoms with van der Waals surface area (Å²) in [6.45, 7) is 0.455. The molecule has 1 aromatic carbocycles. The number of H-pyrrole nitrogens is 1. The van der Waals surface area contributed by atoms with Crippen molar-refractivity contribution >= 4 is 73.7 Å². The minimum absolute atomic E-state index is 0.0644. The van der Waals surface area contributed by atoms with E-state index in [4.69, 9.17) is 0 Å².